The van der Waals surface area contributed by atoms with E-state index in [1.165, 1.54) is 6.26 Å². The third kappa shape index (κ3) is 5.94. The summed E-state index contributed by atoms with van der Waals surface area (Å²) in [5.41, 5.74) is 0.694. The third-order valence-electron chi connectivity index (χ3n) is 3.53. The van der Waals surface area contributed by atoms with E-state index in [0.29, 0.717) is 17.3 Å². The molecule has 0 radical (unpaired) electrons. The Balaban J connectivity index is 1.81. The second-order valence-corrected chi connectivity index (χ2v) is 6.93. The van der Waals surface area contributed by atoms with Crippen LogP contribution in [-0.4, -0.2) is 16.4 Å². The molecule has 1 atom stereocenters. The number of aliphatic imine (C=N–C) groups is 1. The molecule has 3 aromatic rings. The Labute approximate surface area is 161 Å². The third-order valence-corrected chi connectivity index (χ3v) is 4.47. The van der Waals surface area contributed by atoms with Gasteiger partial charge >= 0.3 is 0 Å². The first kappa shape index (κ1) is 18.6. The summed E-state index contributed by atoms with van der Waals surface area (Å²) < 4.78 is 23.0. The van der Waals surface area contributed by atoms with Gasteiger partial charge in [-0.05, 0) is 48.5 Å². The van der Waals surface area contributed by atoms with Crippen LogP contribution in [0.4, 0.5) is 5.69 Å². The van der Waals surface area contributed by atoms with Crippen molar-refractivity contribution in [3.63, 3.8) is 0 Å². The lowest BCUT2D eigenvalue weighted by atomic mass is 10.3. The molecular formula is C22H19NO3S. The molecule has 0 amide bonds. The smallest absolute Gasteiger partial charge is 0.222 e. The normalized spacial score (nSPS) is 12.7. The quantitative estimate of drug-likeness (QED) is 0.340. The van der Waals surface area contributed by atoms with Gasteiger partial charge in [0.25, 0.3) is 0 Å². The maximum Gasteiger partial charge on any atom is 0.222 e. The second kappa shape index (κ2) is 9.50. The number of nitrogens with zero attached hydrogens (tertiary/aromatic N) is 1. The van der Waals surface area contributed by atoms with Gasteiger partial charge in [-0.25, -0.2) is 4.99 Å². The average molecular weight is 377 g/mol. The fraction of sp³-hybridized carbons (Fsp3) is 0.0455. The molecule has 27 heavy (non-hydrogen) atoms. The van der Waals surface area contributed by atoms with E-state index >= 15 is 0 Å². The Bertz CT molecular complexity index is 936. The van der Waals surface area contributed by atoms with E-state index in [4.69, 9.17) is 9.47 Å². The van der Waals surface area contributed by atoms with Crippen molar-refractivity contribution in [3.8, 4) is 11.5 Å². The zero-order chi connectivity index (χ0) is 18.9. The van der Waals surface area contributed by atoms with Crippen LogP contribution < -0.4 is 9.47 Å². The highest BCUT2D eigenvalue weighted by molar-refractivity contribution is 7.84. The van der Waals surface area contributed by atoms with Crippen molar-refractivity contribution in [2.75, 3.05) is 6.26 Å². The van der Waals surface area contributed by atoms with Crippen LogP contribution in [0.25, 0.3) is 0 Å². The molecule has 5 heteroatoms. The van der Waals surface area contributed by atoms with Gasteiger partial charge in [0.1, 0.15) is 11.5 Å². The van der Waals surface area contributed by atoms with Crippen molar-refractivity contribution < 1.29 is 13.7 Å². The molecule has 0 N–H and O–H groups in total. The molecule has 0 aliphatic heterocycles. The summed E-state index contributed by atoms with van der Waals surface area (Å²) in [4.78, 5) is 5.27. The Morgan fingerprint density at radius 1 is 0.852 bits per heavy atom. The molecule has 0 bridgehead atoms. The van der Waals surface area contributed by atoms with Gasteiger partial charge in [0.05, 0.1) is 11.9 Å². The molecule has 136 valence electrons. The fourth-order valence-electron chi connectivity index (χ4n) is 2.21. The fourth-order valence-corrected chi connectivity index (χ4v) is 2.73. The summed E-state index contributed by atoms with van der Waals surface area (Å²) in [6.07, 6.45) is 4.84. The van der Waals surface area contributed by atoms with Gasteiger partial charge in [-0.2, -0.15) is 0 Å². The van der Waals surface area contributed by atoms with Gasteiger partial charge in [-0.1, -0.05) is 36.4 Å². The maximum absolute atomic E-state index is 11.5. The Hall–Kier alpha value is -3.18. The predicted molar refractivity (Wildman–Crippen MR) is 109 cm³/mol. The van der Waals surface area contributed by atoms with E-state index in [-0.39, 0.29) is 0 Å². The highest BCUT2D eigenvalue weighted by Crippen LogP contribution is 2.17. The first-order valence-corrected chi connectivity index (χ1v) is 9.90. The van der Waals surface area contributed by atoms with Crippen molar-refractivity contribution in [1.29, 1.82) is 0 Å². The Morgan fingerprint density at radius 3 is 2.04 bits per heavy atom. The number of benzene rings is 3. The lowest BCUT2D eigenvalue weighted by Crippen LogP contribution is -2.05. The van der Waals surface area contributed by atoms with Crippen molar-refractivity contribution in [3.05, 3.63) is 97.3 Å². The maximum atomic E-state index is 11.5. The van der Waals surface area contributed by atoms with Crippen molar-refractivity contribution in [1.82, 2.24) is 0 Å². The number of ether oxygens (including phenoxy) is 2. The molecule has 0 aliphatic carbocycles. The molecule has 1 unspecified atom stereocenters. The minimum absolute atomic E-state index is 0.377. The van der Waals surface area contributed by atoms with Crippen LogP contribution in [0.1, 0.15) is 0 Å². The monoisotopic (exact) mass is 377 g/mol. The molecule has 0 saturated heterocycles. The van der Waals surface area contributed by atoms with E-state index in [0.717, 1.165) is 10.6 Å². The lowest BCUT2D eigenvalue weighted by Gasteiger charge is -2.06. The van der Waals surface area contributed by atoms with Crippen LogP contribution in [0.2, 0.25) is 0 Å². The first-order valence-electron chi connectivity index (χ1n) is 8.34. The number of hydrogen-bond acceptors (Lipinski definition) is 4. The second-order valence-electron chi connectivity index (χ2n) is 5.55. The average Bonchev–Trinajstić information content (AvgIpc) is 2.70. The van der Waals surface area contributed by atoms with Crippen molar-refractivity contribution in [2.45, 2.75) is 4.90 Å². The van der Waals surface area contributed by atoms with Gasteiger partial charge in [0.2, 0.25) is 5.90 Å². The summed E-state index contributed by atoms with van der Waals surface area (Å²) in [6, 6.07) is 26.0. The highest BCUT2D eigenvalue weighted by Gasteiger charge is 2.02. The lowest BCUT2D eigenvalue weighted by molar-refractivity contribution is 0.479. The zero-order valence-corrected chi connectivity index (χ0v) is 15.6. The zero-order valence-electron chi connectivity index (χ0n) is 14.8. The molecule has 3 aromatic carbocycles. The first-order chi connectivity index (χ1) is 13.2. The molecule has 0 aromatic heterocycles. The van der Waals surface area contributed by atoms with Crippen LogP contribution in [0.15, 0.2) is 107 Å². The van der Waals surface area contributed by atoms with Gasteiger partial charge < -0.3 is 9.47 Å². The van der Waals surface area contributed by atoms with Gasteiger partial charge in [-0.15, -0.1) is 0 Å². The van der Waals surface area contributed by atoms with Crippen molar-refractivity contribution >= 4 is 22.4 Å². The minimum atomic E-state index is -1.02. The van der Waals surface area contributed by atoms with E-state index in [9.17, 15) is 4.21 Å². The largest absolute Gasteiger partial charge is 0.465 e. The van der Waals surface area contributed by atoms with Crippen LogP contribution >= 0.6 is 0 Å². The number of para-hydroxylation sites is 2. The highest BCUT2D eigenvalue weighted by atomic mass is 32.2. The standard InChI is InChI=1S/C22H19NO3S/c1-27(24)21-14-12-18(13-15-21)23-22(26-20-10-6-3-7-11-20)16-17-25-19-8-4-2-5-9-19/h2-17H,1H3. The van der Waals surface area contributed by atoms with Crippen LogP contribution in [0.5, 0.6) is 11.5 Å². The van der Waals surface area contributed by atoms with Crippen LogP contribution in [0.3, 0.4) is 0 Å². The molecule has 3 rings (SSSR count). The molecule has 0 fully saturated rings. The summed E-state index contributed by atoms with van der Waals surface area (Å²) in [5.74, 6) is 1.77. The number of rotatable bonds is 6. The summed E-state index contributed by atoms with van der Waals surface area (Å²) in [5, 5.41) is 0. The number of hydrogen-bond donors (Lipinski definition) is 0. The minimum Gasteiger partial charge on any atom is -0.465 e. The molecule has 4 nitrogen and oxygen atoms in total. The molecule has 0 saturated carbocycles. The van der Waals surface area contributed by atoms with E-state index in [1.807, 2.05) is 60.7 Å². The summed E-state index contributed by atoms with van der Waals surface area (Å²) in [6.45, 7) is 0. The van der Waals surface area contributed by atoms with E-state index in [2.05, 4.69) is 4.99 Å². The topological polar surface area (TPSA) is 47.9 Å². The molecule has 0 heterocycles. The van der Waals surface area contributed by atoms with E-state index in [1.54, 1.807) is 36.6 Å². The van der Waals surface area contributed by atoms with Crippen molar-refractivity contribution in [2.24, 2.45) is 4.99 Å². The predicted octanol–water partition coefficient (Wildman–Crippen LogP) is 5.13. The van der Waals surface area contributed by atoms with Gasteiger partial charge in [0, 0.05) is 28.0 Å². The molecular weight excluding hydrogens is 358 g/mol. The summed E-state index contributed by atoms with van der Waals surface area (Å²) >= 11 is 0. The van der Waals surface area contributed by atoms with Gasteiger partial charge in [-0.3, -0.25) is 4.21 Å². The van der Waals surface area contributed by atoms with Gasteiger partial charge in [0.15, 0.2) is 0 Å². The summed E-state index contributed by atoms with van der Waals surface area (Å²) in [7, 11) is -1.02. The molecule has 0 aliphatic rings. The molecule has 0 spiro atoms. The Kier molecular flexibility index (Phi) is 6.55. The van der Waals surface area contributed by atoms with Crippen LogP contribution in [-0.2, 0) is 10.8 Å². The SMILES string of the molecule is CS(=O)c1ccc(N=C(C=COc2ccccc2)Oc2ccccc2)cc1. The Morgan fingerprint density at radius 2 is 1.44 bits per heavy atom. The van der Waals surface area contributed by atoms with E-state index < -0.39 is 10.8 Å². The van der Waals surface area contributed by atoms with Crippen LogP contribution in [0, 0.1) is 0 Å².